The predicted octanol–water partition coefficient (Wildman–Crippen LogP) is -3.20. The fourth-order valence-corrected chi connectivity index (χ4v) is 0.627. The molecule has 4 heteroatoms. The Morgan fingerprint density at radius 1 is 1.70 bits per heavy atom. The molecule has 0 saturated carbocycles. The molecule has 0 aromatic carbocycles. The topological polar surface area (TPSA) is 34.8 Å². The number of nitrogens with zero attached hydrogens (tertiary/aromatic N) is 2. The van der Waals surface area contributed by atoms with Gasteiger partial charge in [0.05, 0.1) is 6.20 Å². The Kier molecular flexibility index (Phi) is 3.99. The smallest absolute Gasteiger partial charge is 0.249 e. The Bertz CT molecular complexity index is 207. The number of rotatable bonds is 2. The van der Waals surface area contributed by atoms with E-state index in [-0.39, 0.29) is 17.0 Å². The monoisotopic (exact) mass is 203 g/mol. The summed E-state index contributed by atoms with van der Waals surface area (Å²) in [6.45, 7) is 4.10. The number of hydrogen-bond acceptors (Lipinski definition) is 1. The molecular formula is C6H10BrN3. The van der Waals surface area contributed by atoms with Crippen molar-refractivity contribution in [1.29, 1.82) is 0 Å². The first kappa shape index (κ1) is 9.39. The molecule has 0 unspecified atom stereocenters. The van der Waals surface area contributed by atoms with Crippen molar-refractivity contribution in [3.05, 3.63) is 25.3 Å². The van der Waals surface area contributed by atoms with E-state index in [1.165, 1.54) is 0 Å². The van der Waals surface area contributed by atoms with Crippen molar-refractivity contribution in [3.8, 4) is 0 Å². The quantitative estimate of drug-likeness (QED) is 0.506. The van der Waals surface area contributed by atoms with Crippen LogP contribution in [-0.2, 0) is 6.67 Å². The molecule has 0 aliphatic rings. The van der Waals surface area contributed by atoms with Crippen molar-refractivity contribution in [2.24, 2.45) is 5.73 Å². The van der Waals surface area contributed by atoms with Crippen molar-refractivity contribution in [3.63, 3.8) is 0 Å². The van der Waals surface area contributed by atoms with E-state index in [2.05, 4.69) is 6.58 Å². The third-order valence-corrected chi connectivity index (χ3v) is 1.13. The lowest BCUT2D eigenvalue weighted by atomic mass is 10.8. The highest BCUT2D eigenvalue weighted by Crippen LogP contribution is 1.80. The fraction of sp³-hybridized carbons (Fsp3) is 0.167. The molecule has 0 radical (unpaired) electrons. The maximum absolute atomic E-state index is 5.33. The SMILES string of the molecule is C=Cn1cc[n+](CN)c1.[Br-]. The number of aromatic nitrogens is 2. The van der Waals surface area contributed by atoms with Gasteiger partial charge in [0.2, 0.25) is 6.33 Å². The number of halogens is 1. The molecule has 0 spiro atoms. The van der Waals surface area contributed by atoms with Gasteiger partial charge in [0, 0.05) is 0 Å². The van der Waals surface area contributed by atoms with E-state index in [9.17, 15) is 0 Å². The number of hydrogen-bond donors (Lipinski definition) is 1. The maximum Gasteiger partial charge on any atom is 0.249 e. The highest BCUT2D eigenvalue weighted by molar-refractivity contribution is 5.12. The third kappa shape index (κ3) is 1.97. The van der Waals surface area contributed by atoms with E-state index in [1.807, 2.05) is 27.9 Å². The Balaban J connectivity index is 0.000000810. The molecular weight excluding hydrogens is 194 g/mol. The Morgan fingerprint density at radius 3 is 2.70 bits per heavy atom. The molecule has 0 aliphatic carbocycles. The molecule has 0 fully saturated rings. The Hall–Kier alpha value is -0.610. The van der Waals surface area contributed by atoms with E-state index in [4.69, 9.17) is 5.73 Å². The summed E-state index contributed by atoms with van der Waals surface area (Å²) in [5.74, 6) is 0. The first-order chi connectivity index (χ1) is 4.36. The average Bonchev–Trinajstić information content (AvgIpc) is 2.34. The van der Waals surface area contributed by atoms with Gasteiger partial charge < -0.3 is 17.0 Å². The van der Waals surface area contributed by atoms with E-state index < -0.39 is 0 Å². The lowest BCUT2D eigenvalue weighted by molar-refractivity contribution is -0.695. The molecule has 2 N–H and O–H groups in total. The highest BCUT2D eigenvalue weighted by atomic mass is 79.9. The highest BCUT2D eigenvalue weighted by Gasteiger charge is 1.94. The minimum atomic E-state index is 0. The van der Waals surface area contributed by atoms with Gasteiger partial charge in [-0.05, 0) is 0 Å². The molecule has 1 heterocycles. The van der Waals surface area contributed by atoms with Crippen LogP contribution in [0.15, 0.2) is 25.3 Å². The van der Waals surface area contributed by atoms with Crippen LogP contribution in [0.4, 0.5) is 0 Å². The normalized spacial score (nSPS) is 8.50. The van der Waals surface area contributed by atoms with Crippen LogP contribution in [0.1, 0.15) is 0 Å². The average molecular weight is 204 g/mol. The van der Waals surface area contributed by atoms with Crippen LogP contribution in [0, 0.1) is 0 Å². The lowest BCUT2D eigenvalue weighted by Crippen LogP contribution is -3.00. The van der Waals surface area contributed by atoms with Crippen LogP contribution in [0.2, 0.25) is 0 Å². The minimum absolute atomic E-state index is 0. The van der Waals surface area contributed by atoms with E-state index in [0.29, 0.717) is 6.67 Å². The van der Waals surface area contributed by atoms with Crippen molar-refractivity contribution in [2.45, 2.75) is 6.67 Å². The molecule has 1 rings (SSSR count). The lowest BCUT2D eigenvalue weighted by Gasteiger charge is -1.82. The van der Waals surface area contributed by atoms with E-state index >= 15 is 0 Å². The Labute approximate surface area is 70.5 Å². The standard InChI is InChI=1S/C6H10N3.BrH/c1-2-8-3-4-9(5-7)6-8;/h2-4,6H,1,5,7H2;1H/q+1;/p-1. The summed E-state index contributed by atoms with van der Waals surface area (Å²) in [7, 11) is 0. The maximum atomic E-state index is 5.33. The summed E-state index contributed by atoms with van der Waals surface area (Å²) in [5, 5.41) is 0. The van der Waals surface area contributed by atoms with Gasteiger partial charge in [-0.15, -0.1) is 0 Å². The van der Waals surface area contributed by atoms with Gasteiger partial charge in [0.15, 0.2) is 0 Å². The van der Waals surface area contributed by atoms with Crippen LogP contribution in [0.25, 0.3) is 6.20 Å². The van der Waals surface area contributed by atoms with Gasteiger partial charge in [-0.1, -0.05) is 6.58 Å². The van der Waals surface area contributed by atoms with Crippen LogP contribution in [-0.4, -0.2) is 4.57 Å². The van der Waals surface area contributed by atoms with Gasteiger partial charge in [-0.25, -0.2) is 9.13 Å². The van der Waals surface area contributed by atoms with Crippen molar-refractivity contribution >= 4 is 6.20 Å². The van der Waals surface area contributed by atoms with E-state index in [1.54, 1.807) is 6.20 Å². The van der Waals surface area contributed by atoms with Crippen LogP contribution in [0.5, 0.6) is 0 Å². The van der Waals surface area contributed by atoms with E-state index in [0.717, 1.165) is 0 Å². The van der Waals surface area contributed by atoms with Crippen molar-refractivity contribution in [1.82, 2.24) is 4.57 Å². The molecule has 0 aliphatic heterocycles. The molecule has 3 nitrogen and oxygen atoms in total. The minimum Gasteiger partial charge on any atom is -1.00 e. The second kappa shape index (κ2) is 4.24. The van der Waals surface area contributed by atoms with Gasteiger partial charge in [-0.3, -0.25) is 5.73 Å². The fourth-order valence-electron chi connectivity index (χ4n) is 0.627. The molecule has 1 aromatic rings. The van der Waals surface area contributed by atoms with Crippen molar-refractivity contribution < 1.29 is 21.5 Å². The summed E-state index contributed by atoms with van der Waals surface area (Å²) < 4.78 is 3.70. The van der Waals surface area contributed by atoms with Crippen molar-refractivity contribution in [2.75, 3.05) is 0 Å². The summed E-state index contributed by atoms with van der Waals surface area (Å²) >= 11 is 0. The second-order valence-corrected chi connectivity index (χ2v) is 1.74. The molecule has 56 valence electrons. The first-order valence-electron chi connectivity index (χ1n) is 2.76. The van der Waals surface area contributed by atoms with Gasteiger partial charge in [0.1, 0.15) is 19.1 Å². The molecule has 0 saturated heterocycles. The zero-order valence-corrected chi connectivity index (χ0v) is 7.16. The summed E-state index contributed by atoms with van der Waals surface area (Å²) in [6.07, 6.45) is 7.36. The van der Waals surface area contributed by atoms with Crippen LogP contribution in [0.3, 0.4) is 0 Å². The van der Waals surface area contributed by atoms with Gasteiger partial charge in [-0.2, -0.15) is 0 Å². The van der Waals surface area contributed by atoms with Crippen LogP contribution < -0.4 is 27.3 Å². The van der Waals surface area contributed by atoms with Gasteiger partial charge in [0.25, 0.3) is 0 Å². The zero-order chi connectivity index (χ0) is 6.69. The largest absolute Gasteiger partial charge is 1.00 e. The Morgan fingerprint density at radius 2 is 2.40 bits per heavy atom. The molecule has 0 amide bonds. The first-order valence-corrected chi connectivity index (χ1v) is 2.76. The van der Waals surface area contributed by atoms with Gasteiger partial charge >= 0.3 is 0 Å². The summed E-state index contributed by atoms with van der Waals surface area (Å²) in [6, 6.07) is 0. The molecule has 10 heavy (non-hydrogen) atoms. The molecule has 0 atom stereocenters. The number of imidazole rings is 1. The molecule has 0 bridgehead atoms. The third-order valence-electron chi connectivity index (χ3n) is 1.13. The molecule has 1 aromatic heterocycles. The summed E-state index contributed by atoms with van der Waals surface area (Å²) in [4.78, 5) is 0. The van der Waals surface area contributed by atoms with Crippen LogP contribution >= 0.6 is 0 Å². The number of nitrogens with two attached hydrogens (primary N) is 1. The zero-order valence-electron chi connectivity index (χ0n) is 5.57. The predicted molar refractivity (Wildman–Crippen MR) is 35.2 cm³/mol. The summed E-state index contributed by atoms with van der Waals surface area (Å²) in [5.41, 5.74) is 5.33. The second-order valence-electron chi connectivity index (χ2n) is 1.74.